The number of hydrogen-bond acceptors (Lipinski definition) is 3. The third-order valence-corrected chi connectivity index (χ3v) is 5.70. The van der Waals surface area contributed by atoms with E-state index < -0.39 is 0 Å². The smallest absolute Gasteiger partial charge is 0.418 e. The Hall–Kier alpha value is -2.77. The van der Waals surface area contributed by atoms with Gasteiger partial charge in [0, 0.05) is 35.0 Å². The molecule has 0 saturated heterocycles. The average Bonchev–Trinajstić information content (AvgIpc) is 2.79. The van der Waals surface area contributed by atoms with E-state index in [1.165, 1.54) is 0 Å². The molecule has 0 bridgehead atoms. The third-order valence-electron chi connectivity index (χ3n) is 5.70. The molecule has 1 aromatic heterocycles. The minimum atomic E-state index is -0.355. The molecule has 4 rings (SSSR count). The van der Waals surface area contributed by atoms with Crippen LogP contribution in [0.5, 0.6) is 0 Å². The topological polar surface area (TPSA) is 50.5 Å². The normalized spacial score (nSPS) is 13.3. The van der Waals surface area contributed by atoms with Crippen LogP contribution in [0, 0.1) is 0 Å². The van der Waals surface area contributed by atoms with Gasteiger partial charge in [0.1, 0.15) is 0 Å². The van der Waals surface area contributed by atoms with E-state index in [9.17, 15) is 9.59 Å². The maximum atomic E-state index is 12.8. The molecule has 0 unspecified atom stereocenters. The quantitative estimate of drug-likeness (QED) is 0.341. The lowest BCUT2D eigenvalue weighted by Gasteiger charge is -2.29. The van der Waals surface area contributed by atoms with E-state index in [0.29, 0.717) is 12.2 Å². The van der Waals surface area contributed by atoms with Gasteiger partial charge in [-0.3, -0.25) is 9.69 Å². The number of rotatable bonds is 5. The van der Waals surface area contributed by atoms with E-state index >= 15 is 0 Å². The van der Waals surface area contributed by atoms with E-state index in [4.69, 9.17) is 4.74 Å². The third kappa shape index (κ3) is 6.02. The van der Waals surface area contributed by atoms with E-state index in [1.54, 1.807) is 11.8 Å². The van der Waals surface area contributed by atoms with E-state index in [2.05, 4.69) is 0 Å². The molecule has 2 heterocycles. The van der Waals surface area contributed by atoms with Gasteiger partial charge in [-0.05, 0) is 43.2 Å². The Bertz CT molecular complexity index is 1220. The zero-order valence-electron chi connectivity index (χ0n) is 19.4. The number of hydrogen-bond donors (Lipinski definition) is 0. The molecule has 0 radical (unpaired) electrons. The van der Waals surface area contributed by atoms with Crippen molar-refractivity contribution in [3.05, 3.63) is 102 Å². The van der Waals surface area contributed by atoms with Crippen LogP contribution < -0.4 is 21.5 Å². The maximum Gasteiger partial charge on any atom is 0.418 e. The number of Topliss-reactive ketones (excluding diaryl/α,β-unsaturated/α-hetero) is 1. The molecule has 2 aromatic carbocycles. The van der Waals surface area contributed by atoms with Crippen LogP contribution in [0.1, 0.15) is 42.6 Å². The summed E-state index contributed by atoms with van der Waals surface area (Å²) in [6.07, 6.45) is 7.59. The summed E-state index contributed by atoms with van der Waals surface area (Å²) in [6.45, 7) is 6.24. The Balaban J connectivity index is 0.00000204. The van der Waals surface area contributed by atoms with Crippen molar-refractivity contribution < 1.29 is 35.9 Å². The van der Waals surface area contributed by atoms with Gasteiger partial charge in [-0.15, -0.1) is 17.0 Å². The van der Waals surface area contributed by atoms with E-state index in [0.717, 1.165) is 27.7 Å². The van der Waals surface area contributed by atoms with Crippen LogP contribution in [0.15, 0.2) is 90.5 Å². The highest BCUT2D eigenvalue weighted by atomic mass is 79.9. The number of allylic oxidation sites excluding steroid dienone is 4. The minimum absolute atomic E-state index is 0. The predicted octanol–water partition coefficient (Wildman–Crippen LogP) is 2.96. The SMILES string of the molecule is Br.CCOC(=O)N1C(C)=CC(c2cc[n+](CC(=O)c3ccc4ccccc4c3)cc2)C=C1C.[Br-]. The molecule has 0 atom stereocenters. The van der Waals surface area contributed by atoms with Crippen LogP contribution in [0.4, 0.5) is 4.79 Å². The largest absolute Gasteiger partial charge is 1.00 e. The number of nitrogens with zero attached hydrogens (tertiary/aromatic N) is 2. The second-order valence-electron chi connectivity index (χ2n) is 7.97. The van der Waals surface area contributed by atoms with Crippen molar-refractivity contribution in [2.75, 3.05) is 6.61 Å². The summed E-state index contributed by atoms with van der Waals surface area (Å²) in [5.74, 6) is 0.134. The number of carbonyl (C=O) groups excluding carboxylic acids is 2. The number of halogens is 2. The van der Waals surface area contributed by atoms with Crippen molar-refractivity contribution in [3.63, 3.8) is 0 Å². The summed E-state index contributed by atoms with van der Waals surface area (Å²) >= 11 is 0. The molecule has 0 N–H and O–H groups in total. The highest BCUT2D eigenvalue weighted by molar-refractivity contribution is 8.93. The first-order valence-electron chi connectivity index (χ1n) is 10.8. The fourth-order valence-electron chi connectivity index (χ4n) is 4.08. The molecule has 0 saturated carbocycles. The highest BCUT2D eigenvalue weighted by Gasteiger charge is 2.24. The molecule has 7 heteroatoms. The van der Waals surface area contributed by atoms with Crippen molar-refractivity contribution in [1.82, 2.24) is 4.90 Å². The van der Waals surface area contributed by atoms with Gasteiger partial charge < -0.3 is 21.7 Å². The molecule has 1 aliphatic rings. The average molecular weight is 588 g/mol. The summed E-state index contributed by atoms with van der Waals surface area (Å²) in [5, 5.41) is 2.19. The van der Waals surface area contributed by atoms with Crippen LogP contribution in [0.2, 0.25) is 0 Å². The van der Waals surface area contributed by atoms with Crippen molar-refractivity contribution >= 4 is 39.6 Å². The van der Waals surface area contributed by atoms with Crippen LogP contribution in [0.25, 0.3) is 10.8 Å². The maximum absolute atomic E-state index is 12.8. The van der Waals surface area contributed by atoms with Gasteiger partial charge in [0.15, 0.2) is 12.4 Å². The van der Waals surface area contributed by atoms with E-state index in [-0.39, 0.29) is 58.3 Å². The molecule has 5 nitrogen and oxygen atoms in total. The Morgan fingerprint density at radius 3 is 2.18 bits per heavy atom. The lowest BCUT2D eigenvalue weighted by molar-refractivity contribution is -0.683. The summed E-state index contributed by atoms with van der Waals surface area (Å²) < 4.78 is 7.04. The lowest BCUT2D eigenvalue weighted by atomic mass is 9.95. The summed E-state index contributed by atoms with van der Waals surface area (Å²) in [6, 6.07) is 17.9. The standard InChI is InChI=1S/C27H27N2O3.2BrH/c1-4-32-27(31)29-19(2)15-25(16-20(29)3)22-11-13-28(14-12-22)18-26(30)24-10-9-21-7-5-6-8-23(21)17-24;;/h5-17,25H,4,18H2,1-3H3;2*1H/q+1;;/p-1. The number of amides is 1. The second kappa shape index (κ2) is 12.1. The van der Waals surface area contributed by atoms with Gasteiger partial charge >= 0.3 is 6.09 Å². The molecular weight excluding hydrogens is 560 g/mol. The van der Waals surface area contributed by atoms with Gasteiger partial charge in [-0.2, -0.15) is 4.57 Å². The van der Waals surface area contributed by atoms with Gasteiger partial charge in [0.05, 0.1) is 6.61 Å². The monoisotopic (exact) mass is 586 g/mol. The molecule has 178 valence electrons. The van der Waals surface area contributed by atoms with Crippen molar-refractivity contribution in [2.45, 2.75) is 33.2 Å². The summed E-state index contributed by atoms with van der Waals surface area (Å²) in [7, 11) is 0. The van der Waals surface area contributed by atoms with E-state index in [1.807, 2.05) is 97.6 Å². The van der Waals surface area contributed by atoms with Crippen molar-refractivity contribution in [2.24, 2.45) is 0 Å². The molecule has 34 heavy (non-hydrogen) atoms. The zero-order valence-corrected chi connectivity index (χ0v) is 22.7. The number of carbonyl (C=O) groups is 2. The molecule has 0 spiro atoms. The number of pyridine rings is 1. The first kappa shape index (κ1) is 27.5. The number of benzene rings is 2. The number of ketones is 1. The second-order valence-corrected chi connectivity index (χ2v) is 7.97. The first-order chi connectivity index (χ1) is 15.5. The van der Waals surface area contributed by atoms with Gasteiger partial charge in [-0.1, -0.05) is 48.6 Å². The Morgan fingerprint density at radius 1 is 0.941 bits per heavy atom. The van der Waals surface area contributed by atoms with Crippen LogP contribution in [-0.2, 0) is 11.3 Å². The zero-order chi connectivity index (χ0) is 22.7. The highest BCUT2D eigenvalue weighted by Crippen LogP contribution is 2.30. The van der Waals surface area contributed by atoms with Crippen LogP contribution in [0.3, 0.4) is 0 Å². The fourth-order valence-corrected chi connectivity index (χ4v) is 4.08. The number of aromatic nitrogens is 1. The molecule has 1 aliphatic heterocycles. The lowest BCUT2D eigenvalue weighted by Crippen LogP contribution is -3.00. The van der Waals surface area contributed by atoms with Crippen molar-refractivity contribution in [1.29, 1.82) is 0 Å². The number of ether oxygens (including phenoxy) is 1. The molecule has 3 aromatic rings. The van der Waals surface area contributed by atoms with Crippen LogP contribution >= 0.6 is 17.0 Å². The molecule has 1 amide bonds. The van der Waals surface area contributed by atoms with Gasteiger partial charge in [0.25, 0.3) is 0 Å². The first-order valence-corrected chi connectivity index (χ1v) is 10.8. The number of fused-ring (bicyclic) bond motifs is 1. The minimum Gasteiger partial charge on any atom is -1.00 e. The van der Waals surface area contributed by atoms with Crippen LogP contribution in [-0.4, -0.2) is 23.4 Å². The Morgan fingerprint density at radius 2 is 1.56 bits per heavy atom. The molecule has 0 aliphatic carbocycles. The molecular formula is C27H28Br2N2O3. The Labute approximate surface area is 221 Å². The predicted molar refractivity (Wildman–Crippen MR) is 134 cm³/mol. The Kier molecular flexibility index (Phi) is 9.77. The van der Waals surface area contributed by atoms with Gasteiger partial charge in [0.2, 0.25) is 12.3 Å². The molecule has 0 fully saturated rings. The fraction of sp³-hybridized carbons (Fsp3) is 0.222. The summed E-state index contributed by atoms with van der Waals surface area (Å²) in [5.41, 5.74) is 3.50. The van der Waals surface area contributed by atoms with Crippen molar-refractivity contribution in [3.8, 4) is 0 Å². The van der Waals surface area contributed by atoms with Gasteiger partial charge in [-0.25, -0.2) is 4.79 Å². The summed E-state index contributed by atoms with van der Waals surface area (Å²) in [4.78, 5) is 26.6.